The summed E-state index contributed by atoms with van der Waals surface area (Å²) in [7, 11) is 0. The highest BCUT2D eigenvalue weighted by atomic mass is 19.4. The lowest BCUT2D eigenvalue weighted by Gasteiger charge is -2.32. The molecule has 1 N–H and O–H groups in total. The molecule has 25 heavy (non-hydrogen) atoms. The van der Waals surface area contributed by atoms with E-state index in [-0.39, 0.29) is 5.69 Å². The Morgan fingerprint density at radius 2 is 1.60 bits per heavy atom. The van der Waals surface area contributed by atoms with Crippen LogP contribution in [0.1, 0.15) is 5.56 Å². The van der Waals surface area contributed by atoms with E-state index >= 15 is 0 Å². The van der Waals surface area contributed by atoms with Crippen LogP contribution in [0.5, 0.6) is 0 Å². The molecule has 0 aromatic heterocycles. The highest BCUT2D eigenvalue weighted by Gasteiger charge is 2.32. The van der Waals surface area contributed by atoms with E-state index in [1.165, 1.54) is 11.0 Å². The van der Waals surface area contributed by atoms with Crippen LogP contribution in [0, 0.1) is 0 Å². The Morgan fingerprint density at radius 1 is 1.00 bits per heavy atom. The SMILES string of the molecule is O=C(Nc1cc(C(F)(F)F)ccc1N1CCOCC1)N1CCOCC1. The first-order valence-corrected chi connectivity index (χ1v) is 8.13. The Kier molecular flexibility index (Phi) is 5.33. The molecule has 0 spiro atoms. The second-order valence-corrected chi connectivity index (χ2v) is 5.86. The Bertz CT molecular complexity index is 612. The Morgan fingerprint density at radius 3 is 2.20 bits per heavy atom. The molecule has 6 nitrogen and oxygen atoms in total. The number of morpholine rings is 2. The Hall–Kier alpha value is -2.00. The number of urea groups is 1. The quantitative estimate of drug-likeness (QED) is 0.881. The van der Waals surface area contributed by atoms with E-state index in [4.69, 9.17) is 9.47 Å². The fourth-order valence-corrected chi connectivity index (χ4v) is 2.85. The third kappa shape index (κ3) is 4.35. The fraction of sp³-hybridized carbons (Fsp3) is 0.562. The van der Waals surface area contributed by atoms with Gasteiger partial charge in [-0.05, 0) is 18.2 Å². The second-order valence-electron chi connectivity index (χ2n) is 5.86. The summed E-state index contributed by atoms with van der Waals surface area (Å²) in [6.07, 6.45) is -4.47. The van der Waals surface area contributed by atoms with Gasteiger partial charge in [0.1, 0.15) is 0 Å². The van der Waals surface area contributed by atoms with Crippen molar-refractivity contribution in [3.63, 3.8) is 0 Å². The van der Waals surface area contributed by atoms with Crippen molar-refractivity contribution in [3.05, 3.63) is 23.8 Å². The zero-order valence-electron chi connectivity index (χ0n) is 13.6. The van der Waals surface area contributed by atoms with Crippen LogP contribution in [0.15, 0.2) is 18.2 Å². The minimum absolute atomic E-state index is 0.160. The standard InChI is InChI=1S/C16H20F3N3O3/c17-16(18,19)12-1-2-14(21-3-7-24-8-4-21)13(11-12)20-15(23)22-5-9-25-10-6-22/h1-2,11H,3-10H2,(H,20,23). The summed E-state index contributed by atoms with van der Waals surface area (Å²) in [5, 5.41) is 2.64. The third-order valence-electron chi connectivity index (χ3n) is 4.22. The van der Waals surface area contributed by atoms with Gasteiger partial charge in [0.25, 0.3) is 0 Å². The average Bonchev–Trinajstić information content (AvgIpc) is 2.62. The molecule has 2 fully saturated rings. The van der Waals surface area contributed by atoms with Crippen molar-refractivity contribution in [3.8, 4) is 0 Å². The number of nitrogens with one attached hydrogen (secondary N) is 1. The molecule has 0 atom stereocenters. The number of benzene rings is 1. The summed E-state index contributed by atoms with van der Waals surface area (Å²) < 4.78 is 49.7. The number of nitrogens with zero attached hydrogens (tertiary/aromatic N) is 2. The van der Waals surface area contributed by atoms with Gasteiger partial charge in [-0.1, -0.05) is 0 Å². The van der Waals surface area contributed by atoms with Gasteiger partial charge in [-0.3, -0.25) is 0 Å². The van der Waals surface area contributed by atoms with E-state index in [1.807, 2.05) is 4.90 Å². The molecule has 1 aromatic carbocycles. The Balaban J connectivity index is 1.85. The number of anilines is 2. The normalized spacial score (nSPS) is 19.0. The largest absolute Gasteiger partial charge is 0.416 e. The smallest absolute Gasteiger partial charge is 0.378 e. The molecular formula is C16H20F3N3O3. The fourth-order valence-electron chi connectivity index (χ4n) is 2.85. The van der Waals surface area contributed by atoms with E-state index in [0.29, 0.717) is 58.3 Å². The van der Waals surface area contributed by atoms with Crippen LogP contribution in [0.4, 0.5) is 29.3 Å². The minimum Gasteiger partial charge on any atom is -0.378 e. The molecule has 2 aliphatic heterocycles. The molecular weight excluding hydrogens is 339 g/mol. The molecule has 2 saturated heterocycles. The second kappa shape index (κ2) is 7.49. The van der Waals surface area contributed by atoms with E-state index in [0.717, 1.165) is 12.1 Å². The zero-order valence-corrected chi connectivity index (χ0v) is 13.6. The Labute approximate surface area is 143 Å². The van der Waals surface area contributed by atoms with E-state index in [9.17, 15) is 18.0 Å². The molecule has 2 aliphatic rings. The first-order valence-electron chi connectivity index (χ1n) is 8.13. The number of carbonyl (C=O) groups excluding carboxylic acids is 1. The van der Waals surface area contributed by atoms with E-state index in [2.05, 4.69) is 5.32 Å². The predicted octanol–water partition coefficient (Wildman–Crippen LogP) is 2.41. The predicted molar refractivity (Wildman–Crippen MR) is 85.9 cm³/mol. The number of ether oxygens (including phenoxy) is 2. The molecule has 0 radical (unpaired) electrons. The van der Waals surface area contributed by atoms with Crippen molar-refractivity contribution in [2.45, 2.75) is 6.18 Å². The summed E-state index contributed by atoms with van der Waals surface area (Å²) in [4.78, 5) is 15.8. The molecule has 138 valence electrons. The zero-order chi connectivity index (χ0) is 17.9. The van der Waals surface area contributed by atoms with Gasteiger partial charge in [-0.25, -0.2) is 4.79 Å². The lowest BCUT2D eigenvalue weighted by atomic mass is 10.1. The molecule has 0 bridgehead atoms. The van der Waals surface area contributed by atoms with Gasteiger partial charge in [-0.15, -0.1) is 0 Å². The number of rotatable bonds is 2. The molecule has 2 heterocycles. The van der Waals surface area contributed by atoms with Crippen molar-refractivity contribution in [1.29, 1.82) is 0 Å². The van der Waals surface area contributed by atoms with Crippen LogP contribution >= 0.6 is 0 Å². The summed E-state index contributed by atoms with van der Waals surface area (Å²) in [5.41, 5.74) is -0.0621. The van der Waals surface area contributed by atoms with E-state index in [1.54, 1.807) is 0 Å². The van der Waals surface area contributed by atoms with Gasteiger partial charge in [-0.2, -0.15) is 13.2 Å². The monoisotopic (exact) mass is 359 g/mol. The summed E-state index contributed by atoms with van der Waals surface area (Å²) in [5.74, 6) is 0. The number of hydrogen-bond donors (Lipinski definition) is 1. The summed E-state index contributed by atoms with van der Waals surface area (Å²) in [6, 6.07) is 3.01. The van der Waals surface area contributed by atoms with Gasteiger partial charge >= 0.3 is 12.2 Å². The number of halogens is 3. The average molecular weight is 359 g/mol. The molecule has 9 heteroatoms. The van der Waals surface area contributed by atoms with Crippen molar-refractivity contribution >= 4 is 17.4 Å². The maximum Gasteiger partial charge on any atom is 0.416 e. The van der Waals surface area contributed by atoms with Crippen LogP contribution in [0.25, 0.3) is 0 Å². The van der Waals surface area contributed by atoms with E-state index < -0.39 is 17.8 Å². The highest BCUT2D eigenvalue weighted by molar-refractivity contribution is 5.93. The lowest BCUT2D eigenvalue weighted by Crippen LogP contribution is -2.43. The van der Waals surface area contributed by atoms with Crippen molar-refractivity contribution in [1.82, 2.24) is 4.90 Å². The number of carbonyl (C=O) groups is 1. The number of alkyl halides is 3. The maximum atomic E-state index is 13.1. The highest BCUT2D eigenvalue weighted by Crippen LogP contribution is 2.35. The molecule has 0 aliphatic carbocycles. The van der Waals surface area contributed by atoms with Gasteiger partial charge in [0.15, 0.2) is 0 Å². The van der Waals surface area contributed by atoms with Gasteiger partial charge in [0, 0.05) is 26.2 Å². The first kappa shape index (κ1) is 17.8. The van der Waals surface area contributed by atoms with Gasteiger partial charge < -0.3 is 24.6 Å². The molecule has 2 amide bonds. The first-order chi connectivity index (χ1) is 11.9. The van der Waals surface area contributed by atoms with Crippen LogP contribution in [-0.2, 0) is 15.7 Å². The van der Waals surface area contributed by atoms with Crippen LogP contribution in [-0.4, -0.2) is 63.5 Å². The summed E-state index contributed by atoms with van der Waals surface area (Å²) >= 11 is 0. The third-order valence-corrected chi connectivity index (χ3v) is 4.22. The molecule has 0 saturated carbocycles. The molecule has 0 unspecified atom stereocenters. The van der Waals surface area contributed by atoms with Crippen LogP contribution in [0.3, 0.4) is 0 Å². The van der Waals surface area contributed by atoms with Crippen LogP contribution in [0.2, 0.25) is 0 Å². The van der Waals surface area contributed by atoms with Gasteiger partial charge in [0.2, 0.25) is 0 Å². The number of hydrogen-bond acceptors (Lipinski definition) is 4. The summed E-state index contributed by atoms with van der Waals surface area (Å²) in [6.45, 7) is 3.79. The van der Waals surface area contributed by atoms with Crippen molar-refractivity contribution in [2.24, 2.45) is 0 Å². The molecule has 3 rings (SSSR count). The van der Waals surface area contributed by atoms with Crippen molar-refractivity contribution in [2.75, 3.05) is 62.8 Å². The topological polar surface area (TPSA) is 54.0 Å². The van der Waals surface area contributed by atoms with Crippen molar-refractivity contribution < 1.29 is 27.4 Å². The van der Waals surface area contributed by atoms with Crippen LogP contribution < -0.4 is 10.2 Å². The minimum atomic E-state index is -4.47. The van der Waals surface area contributed by atoms with Gasteiger partial charge in [0.05, 0.1) is 43.4 Å². The molecule has 1 aromatic rings. The maximum absolute atomic E-state index is 13.1. The lowest BCUT2D eigenvalue weighted by molar-refractivity contribution is -0.137. The number of amides is 2.